The summed E-state index contributed by atoms with van der Waals surface area (Å²) >= 11 is 0. The molecule has 0 fully saturated rings. The maximum atomic E-state index is 12.1. The predicted octanol–water partition coefficient (Wildman–Crippen LogP) is 4.13. The molecule has 0 radical (unpaired) electrons. The van der Waals surface area contributed by atoms with Crippen molar-refractivity contribution in [2.75, 3.05) is 0 Å². The van der Waals surface area contributed by atoms with Crippen LogP contribution in [0.4, 0.5) is 0 Å². The third-order valence-corrected chi connectivity index (χ3v) is 4.59. The van der Waals surface area contributed by atoms with E-state index in [1.54, 1.807) is 12.1 Å². The lowest BCUT2D eigenvalue weighted by Gasteiger charge is -2.16. The normalized spacial score (nSPS) is 14.5. The molecule has 1 aromatic rings. The van der Waals surface area contributed by atoms with E-state index in [1.165, 1.54) is 37.8 Å². The van der Waals surface area contributed by atoms with Crippen LogP contribution in [0.15, 0.2) is 24.3 Å². The van der Waals surface area contributed by atoms with E-state index < -0.39 is 23.9 Å². The molecule has 0 bridgehead atoms. The van der Waals surface area contributed by atoms with Gasteiger partial charge < -0.3 is 5.11 Å². The second kappa shape index (κ2) is 10.8. The summed E-state index contributed by atoms with van der Waals surface area (Å²) < 4.78 is 0. The summed E-state index contributed by atoms with van der Waals surface area (Å²) in [5.41, 5.74) is 0.419. The van der Waals surface area contributed by atoms with Crippen molar-refractivity contribution in [2.24, 2.45) is 0 Å². The first-order chi connectivity index (χ1) is 13.1. The Balaban J connectivity index is 1.73. The number of nitrogens with zero attached hydrogens (tertiary/aromatic N) is 1. The minimum Gasteiger partial charge on any atom is -0.479 e. The highest BCUT2D eigenvalue weighted by molar-refractivity contribution is 6.20. The molecule has 1 heterocycles. The van der Waals surface area contributed by atoms with Gasteiger partial charge in [-0.25, -0.2) is 4.79 Å². The van der Waals surface area contributed by atoms with E-state index in [4.69, 9.17) is 9.88 Å². The van der Waals surface area contributed by atoms with Crippen LogP contribution in [-0.4, -0.2) is 34.1 Å². The van der Waals surface area contributed by atoms with Crippen LogP contribution in [0.25, 0.3) is 0 Å². The SMILES string of the molecule is CCCCCCCCCCC(OON1C(=O)c2ccccc2C1=O)C(=O)O. The molecule has 0 aromatic heterocycles. The van der Waals surface area contributed by atoms with E-state index >= 15 is 0 Å². The highest BCUT2D eigenvalue weighted by Crippen LogP contribution is 2.23. The first kappa shape index (κ1) is 21.1. The molecule has 1 unspecified atom stereocenters. The summed E-state index contributed by atoms with van der Waals surface area (Å²) in [6.07, 6.45) is 7.72. The fraction of sp³-hybridized carbons (Fsp3) is 0.550. The molecule has 0 aliphatic carbocycles. The second-order valence-electron chi connectivity index (χ2n) is 6.71. The molecule has 1 aliphatic heterocycles. The molecule has 1 N–H and O–H groups in total. The van der Waals surface area contributed by atoms with Gasteiger partial charge in [0.05, 0.1) is 11.1 Å². The lowest BCUT2D eigenvalue weighted by atomic mass is 10.1. The number of hydrogen-bond acceptors (Lipinski definition) is 5. The third kappa shape index (κ3) is 5.87. The van der Waals surface area contributed by atoms with Gasteiger partial charge in [-0.15, -0.1) is 5.06 Å². The van der Waals surface area contributed by atoms with Crippen molar-refractivity contribution >= 4 is 17.8 Å². The van der Waals surface area contributed by atoms with E-state index in [1.807, 2.05) is 0 Å². The number of unbranched alkanes of at least 4 members (excludes halogenated alkanes) is 7. The van der Waals surface area contributed by atoms with Gasteiger partial charge in [-0.1, -0.05) is 75.4 Å². The Bertz CT molecular complexity index is 625. The van der Waals surface area contributed by atoms with Crippen LogP contribution >= 0.6 is 0 Å². The summed E-state index contributed by atoms with van der Waals surface area (Å²) in [4.78, 5) is 45.3. The van der Waals surface area contributed by atoms with Crippen molar-refractivity contribution in [3.8, 4) is 0 Å². The van der Waals surface area contributed by atoms with Crippen LogP contribution in [0.5, 0.6) is 0 Å². The molecule has 0 saturated heterocycles. The molecule has 0 spiro atoms. The van der Waals surface area contributed by atoms with Gasteiger partial charge in [-0.2, -0.15) is 4.89 Å². The number of fused-ring (bicyclic) bond motifs is 1. The van der Waals surface area contributed by atoms with Crippen molar-refractivity contribution in [1.29, 1.82) is 0 Å². The van der Waals surface area contributed by atoms with Gasteiger partial charge in [0.15, 0.2) is 6.10 Å². The fourth-order valence-corrected chi connectivity index (χ4v) is 3.01. The highest BCUT2D eigenvalue weighted by Gasteiger charge is 2.38. The van der Waals surface area contributed by atoms with Gasteiger partial charge in [0.1, 0.15) is 0 Å². The zero-order valence-electron chi connectivity index (χ0n) is 15.7. The Morgan fingerprint density at radius 1 is 0.963 bits per heavy atom. The highest BCUT2D eigenvalue weighted by atomic mass is 17.3. The standard InChI is InChI=1S/C20H27NO6/c1-2-3-4-5-6-7-8-9-14-17(20(24)25)26-27-21-18(22)15-12-10-11-13-16(15)19(21)23/h10-13,17H,2-9,14H2,1H3,(H,24,25). The van der Waals surface area contributed by atoms with Gasteiger partial charge in [0.2, 0.25) is 0 Å². The maximum Gasteiger partial charge on any atom is 0.336 e. The zero-order valence-corrected chi connectivity index (χ0v) is 15.7. The summed E-state index contributed by atoms with van der Waals surface area (Å²) in [5.74, 6) is -2.51. The van der Waals surface area contributed by atoms with E-state index in [9.17, 15) is 19.5 Å². The molecule has 2 rings (SSSR count). The molecular formula is C20H27NO6. The minimum atomic E-state index is -1.23. The van der Waals surface area contributed by atoms with Crippen molar-refractivity contribution in [3.05, 3.63) is 35.4 Å². The Hall–Kier alpha value is -2.25. The molecule has 1 atom stereocenters. The molecule has 2 amide bonds. The first-order valence-electron chi connectivity index (χ1n) is 9.60. The molecule has 27 heavy (non-hydrogen) atoms. The second-order valence-corrected chi connectivity index (χ2v) is 6.71. The number of hydroxylamine groups is 2. The van der Waals surface area contributed by atoms with Crippen LogP contribution in [0.2, 0.25) is 0 Å². The fourth-order valence-electron chi connectivity index (χ4n) is 3.01. The van der Waals surface area contributed by atoms with Crippen molar-refractivity contribution in [1.82, 2.24) is 5.06 Å². The summed E-state index contributed by atoms with van der Waals surface area (Å²) in [6, 6.07) is 6.29. The Morgan fingerprint density at radius 2 is 1.48 bits per heavy atom. The average molecular weight is 377 g/mol. The predicted molar refractivity (Wildman–Crippen MR) is 97.8 cm³/mol. The van der Waals surface area contributed by atoms with Gasteiger partial charge in [0, 0.05) is 0 Å². The van der Waals surface area contributed by atoms with E-state index in [2.05, 4.69) is 6.92 Å². The number of rotatable bonds is 13. The largest absolute Gasteiger partial charge is 0.479 e. The van der Waals surface area contributed by atoms with Crippen molar-refractivity contribution < 1.29 is 29.4 Å². The minimum absolute atomic E-state index is 0.209. The topological polar surface area (TPSA) is 93.1 Å². The molecular weight excluding hydrogens is 350 g/mol. The lowest BCUT2D eigenvalue weighted by molar-refractivity contribution is -0.402. The number of carboxylic acid groups (broad SMARTS) is 1. The number of amides is 2. The third-order valence-electron chi connectivity index (χ3n) is 4.59. The number of carbonyl (C=O) groups is 3. The quantitative estimate of drug-likeness (QED) is 0.240. The van der Waals surface area contributed by atoms with Crippen molar-refractivity contribution in [2.45, 2.75) is 70.8 Å². The van der Waals surface area contributed by atoms with Crippen LogP contribution < -0.4 is 0 Å². The zero-order chi connectivity index (χ0) is 19.6. The van der Waals surface area contributed by atoms with Gasteiger partial charge in [-0.05, 0) is 18.6 Å². The van der Waals surface area contributed by atoms with Gasteiger partial charge in [0.25, 0.3) is 11.8 Å². The molecule has 7 heteroatoms. The smallest absolute Gasteiger partial charge is 0.336 e. The number of carboxylic acids is 1. The molecule has 1 aromatic carbocycles. The molecule has 1 aliphatic rings. The summed E-state index contributed by atoms with van der Waals surface area (Å²) in [5, 5.41) is 9.73. The summed E-state index contributed by atoms with van der Waals surface area (Å²) in [6.45, 7) is 2.18. The number of imide groups is 1. The number of carbonyl (C=O) groups excluding carboxylic acids is 2. The first-order valence-corrected chi connectivity index (χ1v) is 9.60. The molecule has 7 nitrogen and oxygen atoms in total. The lowest BCUT2D eigenvalue weighted by Crippen LogP contribution is -2.34. The Morgan fingerprint density at radius 3 is 2.00 bits per heavy atom. The van der Waals surface area contributed by atoms with Crippen molar-refractivity contribution in [3.63, 3.8) is 0 Å². The Labute approximate surface area is 159 Å². The maximum absolute atomic E-state index is 12.1. The molecule has 148 valence electrons. The number of hydrogen-bond donors (Lipinski definition) is 1. The van der Waals surface area contributed by atoms with Crippen LogP contribution in [-0.2, 0) is 14.7 Å². The average Bonchev–Trinajstić information content (AvgIpc) is 2.90. The molecule has 0 saturated carbocycles. The Kier molecular flexibility index (Phi) is 8.42. The monoisotopic (exact) mass is 377 g/mol. The van der Waals surface area contributed by atoms with E-state index in [-0.39, 0.29) is 17.5 Å². The number of aliphatic carboxylic acids is 1. The van der Waals surface area contributed by atoms with E-state index in [0.29, 0.717) is 11.5 Å². The van der Waals surface area contributed by atoms with Gasteiger partial charge in [-0.3, -0.25) is 9.59 Å². The van der Waals surface area contributed by atoms with Gasteiger partial charge >= 0.3 is 5.97 Å². The van der Waals surface area contributed by atoms with E-state index in [0.717, 1.165) is 19.3 Å². The summed E-state index contributed by atoms with van der Waals surface area (Å²) in [7, 11) is 0. The van der Waals surface area contributed by atoms with Crippen LogP contribution in [0.3, 0.4) is 0 Å². The van der Waals surface area contributed by atoms with Crippen LogP contribution in [0.1, 0.15) is 85.4 Å². The van der Waals surface area contributed by atoms with Crippen LogP contribution in [0, 0.1) is 0 Å². The number of benzene rings is 1.